The van der Waals surface area contributed by atoms with Gasteiger partial charge in [0.1, 0.15) is 6.10 Å². The lowest BCUT2D eigenvalue weighted by Crippen LogP contribution is -2.20. The first kappa shape index (κ1) is 20.2. The number of aliphatic hydroxyl groups is 1. The van der Waals surface area contributed by atoms with E-state index in [1.807, 2.05) is 19.1 Å². The number of rotatable bonds is 14. The lowest BCUT2D eigenvalue weighted by atomic mass is 9.96. The molecule has 0 amide bonds. The number of unbranched alkanes of at least 4 members (excludes halogenated alkanes) is 6. The van der Waals surface area contributed by atoms with Crippen molar-refractivity contribution in [1.29, 1.82) is 0 Å². The van der Waals surface area contributed by atoms with Crippen LogP contribution in [0.3, 0.4) is 0 Å². The van der Waals surface area contributed by atoms with Crippen LogP contribution in [0.15, 0.2) is 12.2 Å². The first-order valence-corrected chi connectivity index (χ1v) is 9.23. The molecule has 1 aliphatic heterocycles. The van der Waals surface area contributed by atoms with Crippen molar-refractivity contribution in [2.45, 2.75) is 102 Å². The summed E-state index contributed by atoms with van der Waals surface area (Å²) in [6.07, 6.45) is 15.1. The second-order valence-corrected chi connectivity index (χ2v) is 7.01. The number of carboxylic acids is 1. The molecule has 0 radical (unpaired) electrons. The largest absolute Gasteiger partial charge is 0.481 e. The Labute approximate surface area is 140 Å². The third kappa shape index (κ3) is 10.5. The van der Waals surface area contributed by atoms with Gasteiger partial charge in [0, 0.05) is 6.42 Å². The summed E-state index contributed by atoms with van der Waals surface area (Å²) in [6.45, 7) is 4.05. The molecule has 0 saturated carbocycles. The van der Waals surface area contributed by atoms with Gasteiger partial charge in [0.25, 0.3) is 0 Å². The predicted octanol–water partition coefficient (Wildman–Crippen LogP) is 4.46. The molecule has 2 N–H and O–H groups in total. The summed E-state index contributed by atoms with van der Waals surface area (Å²) in [5.74, 6) is -0.714. The Kier molecular flexibility index (Phi) is 9.49. The van der Waals surface area contributed by atoms with Crippen LogP contribution in [0.25, 0.3) is 0 Å². The van der Waals surface area contributed by atoms with E-state index in [0.29, 0.717) is 6.10 Å². The van der Waals surface area contributed by atoms with E-state index in [0.717, 1.165) is 44.9 Å². The van der Waals surface area contributed by atoms with Gasteiger partial charge in [-0.05, 0) is 26.2 Å². The average Bonchev–Trinajstić information content (AvgIpc) is 3.23. The monoisotopic (exact) mass is 326 g/mol. The lowest BCUT2D eigenvalue weighted by molar-refractivity contribution is -0.137. The van der Waals surface area contributed by atoms with Crippen molar-refractivity contribution in [3.05, 3.63) is 12.2 Å². The minimum atomic E-state index is -0.763. The van der Waals surface area contributed by atoms with Crippen molar-refractivity contribution in [2.24, 2.45) is 0 Å². The van der Waals surface area contributed by atoms with Crippen LogP contribution in [0.1, 0.15) is 84.5 Å². The molecule has 4 heteroatoms. The highest BCUT2D eigenvalue weighted by Crippen LogP contribution is 2.29. The topological polar surface area (TPSA) is 70.1 Å². The second-order valence-electron chi connectivity index (χ2n) is 7.01. The zero-order valence-corrected chi connectivity index (χ0v) is 14.8. The summed E-state index contributed by atoms with van der Waals surface area (Å²) < 4.78 is 5.60. The summed E-state index contributed by atoms with van der Waals surface area (Å²) in [4.78, 5) is 10.4. The Bertz CT molecular complexity index is 362. The molecule has 1 saturated heterocycles. The molecule has 1 heterocycles. The average molecular weight is 326 g/mol. The van der Waals surface area contributed by atoms with Crippen molar-refractivity contribution in [3.63, 3.8) is 0 Å². The maximum absolute atomic E-state index is 10.4. The van der Waals surface area contributed by atoms with Crippen LogP contribution >= 0.6 is 0 Å². The Morgan fingerprint density at radius 1 is 1.13 bits per heavy atom. The molecule has 3 unspecified atom stereocenters. The number of hydrogen-bond acceptors (Lipinski definition) is 3. The molecule has 0 aromatic carbocycles. The van der Waals surface area contributed by atoms with E-state index in [-0.39, 0.29) is 12.5 Å². The first-order valence-electron chi connectivity index (χ1n) is 9.23. The number of hydrogen-bond donors (Lipinski definition) is 2. The van der Waals surface area contributed by atoms with E-state index < -0.39 is 11.6 Å². The summed E-state index contributed by atoms with van der Waals surface area (Å²) >= 11 is 0. The lowest BCUT2D eigenvalue weighted by Gasteiger charge is -2.18. The van der Waals surface area contributed by atoms with Gasteiger partial charge in [-0.25, -0.2) is 0 Å². The maximum Gasteiger partial charge on any atom is 0.303 e. The molecule has 0 aliphatic carbocycles. The van der Waals surface area contributed by atoms with Crippen LogP contribution in [-0.2, 0) is 9.53 Å². The Hall–Kier alpha value is -0.870. The second kappa shape index (κ2) is 10.8. The highest BCUT2D eigenvalue weighted by atomic mass is 16.6. The van der Waals surface area contributed by atoms with Crippen LogP contribution in [0.2, 0.25) is 0 Å². The third-order valence-electron chi connectivity index (χ3n) is 4.43. The van der Waals surface area contributed by atoms with Gasteiger partial charge in [0.15, 0.2) is 0 Å². The number of carboxylic acid groups (broad SMARTS) is 1. The first-order chi connectivity index (χ1) is 10.9. The number of ether oxygens (including phenoxy) is 1. The van der Waals surface area contributed by atoms with E-state index in [1.165, 1.54) is 19.3 Å². The quantitative estimate of drug-likeness (QED) is 0.281. The predicted molar refractivity (Wildman–Crippen MR) is 92.5 cm³/mol. The summed E-state index contributed by atoms with van der Waals surface area (Å²) in [7, 11) is 0. The molecule has 1 rings (SSSR count). The van der Waals surface area contributed by atoms with Crippen LogP contribution in [0.4, 0.5) is 0 Å². The highest BCUT2D eigenvalue weighted by molar-refractivity contribution is 5.66. The normalized spacial score (nSPS) is 23.1. The molecule has 0 aromatic rings. The number of aliphatic carboxylic acids is 1. The maximum atomic E-state index is 10.4. The van der Waals surface area contributed by atoms with Gasteiger partial charge in [-0.3, -0.25) is 4.79 Å². The molecule has 0 spiro atoms. The van der Waals surface area contributed by atoms with E-state index in [1.54, 1.807) is 0 Å². The van der Waals surface area contributed by atoms with Crippen molar-refractivity contribution in [3.8, 4) is 0 Å². The summed E-state index contributed by atoms with van der Waals surface area (Å²) in [5.41, 5.74) is -0.763. The van der Waals surface area contributed by atoms with Gasteiger partial charge in [0.05, 0.1) is 11.7 Å². The molecule has 3 atom stereocenters. The molecule has 4 nitrogen and oxygen atoms in total. The van der Waals surface area contributed by atoms with Crippen molar-refractivity contribution in [1.82, 2.24) is 0 Å². The standard InChI is InChI=1S/C19H34O4/c1-3-4-8-11-16-17(23-16)13-15-19(2,22)14-10-7-5-6-9-12-18(20)21/h13,15-17,22H,3-12,14H2,1-2H3,(H,20,21)/b15-13+. The molecule has 0 bridgehead atoms. The van der Waals surface area contributed by atoms with Crippen LogP contribution in [-0.4, -0.2) is 34.0 Å². The molecule has 23 heavy (non-hydrogen) atoms. The van der Waals surface area contributed by atoms with Crippen molar-refractivity contribution >= 4 is 5.97 Å². The van der Waals surface area contributed by atoms with Crippen LogP contribution in [0, 0.1) is 0 Å². The van der Waals surface area contributed by atoms with E-state index >= 15 is 0 Å². The zero-order valence-electron chi connectivity index (χ0n) is 14.8. The van der Waals surface area contributed by atoms with Gasteiger partial charge >= 0.3 is 5.97 Å². The van der Waals surface area contributed by atoms with Crippen molar-refractivity contribution in [2.75, 3.05) is 0 Å². The minimum absolute atomic E-state index is 0.203. The van der Waals surface area contributed by atoms with Gasteiger partial charge in [0.2, 0.25) is 0 Å². The zero-order chi connectivity index (χ0) is 17.1. The van der Waals surface area contributed by atoms with E-state index in [2.05, 4.69) is 6.92 Å². The molecule has 0 aromatic heterocycles. The SMILES string of the molecule is CCCCCC1OC1/C=C/C(C)(O)CCCCCCCC(=O)O. The Morgan fingerprint density at radius 3 is 2.52 bits per heavy atom. The molecular weight excluding hydrogens is 292 g/mol. The van der Waals surface area contributed by atoms with Gasteiger partial charge in [-0.2, -0.15) is 0 Å². The Morgan fingerprint density at radius 2 is 1.83 bits per heavy atom. The molecule has 1 aliphatic rings. The van der Waals surface area contributed by atoms with Gasteiger partial charge < -0.3 is 14.9 Å². The van der Waals surface area contributed by atoms with Crippen LogP contribution in [0.5, 0.6) is 0 Å². The summed E-state index contributed by atoms with van der Waals surface area (Å²) in [6, 6.07) is 0. The van der Waals surface area contributed by atoms with Crippen molar-refractivity contribution < 1.29 is 19.7 Å². The highest BCUT2D eigenvalue weighted by Gasteiger charge is 2.36. The molecule has 1 fully saturated rings. The smallest absolute Gasteiger partial charge is 0.303 e. The third-order valence-corrected chi connectivity index (χ3v) is 4.43. The van der Waals surface area contributed by atoms with Gasteiger partial charge in [-0.1, -0.05) is 64.0 Å². The fraction of sp³-hybridized carbons (Fsp3) is 0.842. The minimum Gasteiger partial charge on any atom is -0.481 e. The fourth-order valence-corrected chi connectivity index (χ4v) is 2.83. The summed E-state index contributed by atoms with van der Waals surface area (Å²) in [5, 5.41) is 18.9. The van der Waals surface area contributed by atoms with Crippen LogP contribution < -0.4 is 0 Å². The number of epoxide rings is 1. The molecular formula is C19H34O4. The number of carbonyl (C=O) groups is 1. The molecule has 134 valence electrons. The van der Waals surface area contributed by atoms with E-state index in [9.17, 15) is 9.90 Å². The Balaban J connectivity index is 2.05. The fourth-order valence-electron chi connectivity index (χ4n) is 2.83. The van der Waals surface area contributed by atoms with Gasteiger partial charge in [-0.15, -0.1) is 0 Å². The van der Waals surface area contributed by atoms with E-state index in [4.69, 9.17) is 9.84 Å².